The first-order valence-corrected chi connectivity index (χ1v) is 8.09. The summed E-state index contributed by atoms with van der Waals surface area (Å²) in [5, 5.41) is 9.32. The van der Waals surface area contributed by atoms with Crippen LogP contribution >= 0.6 is 0 Å². The van der Waals surface area contributed by atoms with Crippen LogP contribution in [0.25, 0.3) is 11.6 Å². The molecule has 24 heavy (non-hydrogen) atoms. The quantitative estimate of drug-likeness (QED) is 0.585. The van der Waals surface area contributed by atoms with E-state index in [4.69, 9.17) is 0 Å². The van der Waals surface area contributed by atoms with Gasteiger partial charge in [-0.2, -0.15) is 5.26 Å². The lowest BCUT2D eigenvalue weighted by atomic mass is 10.0. The number of halogens is 2. The maximum absolute atomic E-state index is 14.4. The summed E-state index contributed by atoms with van der Waals surface area (Å²) in [5.74, 6) is -0.721. The number of rotatable bonds is 3. The van der Waals surface area contributed by atoms with Gasteiger partial charge in [0.05, 0.1) is 11.6 Å². The van der Waals surface area contributed by atoms with Crippen LogP contribution in [0.1, 0.15) is 30.4 Å². The second-order valence-corrected chi connectivity index (χ2v) is 5.93. The van der Waals surface area contributed by atoms with Crippen molar-refractivity contribution in [3.63, 3.8) is 0 Å². The second-order valence-electron chi connectivity index (χ2n) is 5.93. The van der Waals surface area contributed by atoms with Gasteiger partial charge in [0.25, 0.3) is 0 Å². The van der Waals surface area contributed by atoms with Gasteiger partial charge < -0.3 is 4.90 Å². The standard InChI is InChI=1S/C20H18F2N2/c21-18-7-4-15(5-8-18)17(14-23)12-16-6-9-19(13-20(16)22)24-10-2-1-3-11-24/h4-9,12-13H,1-3,10-11H2. The molecule has 4 heteroatoms. The Hall–Kier alpha value is -2.67. The van der Waals surface area contributed by atoms with Crippen molar-refractivity contribution < 1.29 is 8.78 Å². The van der Waals surface area contributed by atoms with E-state index in [0.717, 1.165) is 31.6 Å². The molecule has 1 fully saturated rings. The van der Waals surface area contributed by atoms with Gasteiger partial charge in [0, 0.05) is 24.3 Å². The van der Waals surface area contributed by atoms with Gasteiger partial charge in [-0.15, -0.1) is 0 Å². The molecule has 0 aromatic heterocycles. The lowest BCUT2D eigenvalue weighted by Crippen LogP contribution is -2.29. The second kappa shape index (κ2) is 7.27. The molecule has 2 aromatic carbocycles. The third-order valence-corrected chi connectivity index (χ3v) is 4.28. The van der Waals surface area contributed by atoms with E-state index >= 15 is 0 Å². The Kier molecular flexibility index (Phi) is 4.90. The molecular weight excluding hydrogens is 306 g/mol. The summed E-state index contributed by atoms with van der Waals surface area (Å²) >= 11 is 0. The molecular formula is C20H18F2N2. The van der Waals surface area contributed by atoms with E-state index in [1.165, 1.54) is 42.8 Å². The van der Waals surface area contributed by atoms with Crippen LogP contribution in [-0.2, 0) is 0 Å². The average molecular weight is 324 g/mol. The fourth-order valence-corrected chi connectivity index (χ4v) is 2.95. The Morgan fingerprint density at radius 1 is 1.00 bits per heavy atom. The van der Waals surface area contributed by atoms with Crippen molar-refractivity contribution in [3.05, 3.63) is 65.2 Å². The Morgan fingerprint density at radius 3 is 2.33 bits per heavy atom. The Morgan fingerprint density at radius 2 is 1.71 bits per heavy atom. The van der Waals surface area contributed by atoms with Crippen LogP contribution in [0.3, 0.4) is 0 Å². The normalized spacial score (nSPS) is 15.2. The first kappa shape index (κ1) is 16.2. The molecule has 122 valence electrons. The Balaban J connectivity index is 1.88. The number of allylic oxidation sites excluding steroid dienone is 1. The third-order valence-electron chi connectivity index (χ3n) is 4.28. The van der Waals surface area contributed by atoms with E-state index in [-0.39, 0.29) is 11.6 Å². The number of anilines is 1. The Bertz CT molecular complexity index is 782. The largest absolute Gasteiger partial charge is 0.371 e. The zero-order valence-corrected chi connectivity index (χ0v) is 13.3. The number of benzene rings is 2. The molecule has 0 radical (unpaired) electrons. The van der Waals surface area contributed by atoms with Crippen LogP contribution in [0.4, 0.5) is 14.5 Å². The van der Waals surface area contributed by atoms with Crippen LogP contribution in [-0.4, -0.2) is 13.1 Å². The molecule has 0 bridgehead atoms. The number of piperidine rings is 1. The van der Waals surface area contributed by atoms with Gasteiger partial charge in [-0.1, -0.05) is 12.1 Å². The maximum atomic E-state index is 14.4. The van der Waals surface area contributed by atoms with E-state index in [2.05, 4.69) is 11.0 Å². The van der Waals surface area contributed by atoms with Gasteiger partial charge in [-0.3, -0.25) is 0 Å². The summed E-state index contributed by atoms with van der Waals surface area (Å²) in [6, 6.07) is 12.8. The van der Waals surface area contributed by atoms with E-state index in [9.17, 15) is 14.0 Å². The predicted molar refractivity (Wildman–Crippen MR) is 92.3 cm³/mol. The minimum atomic E-state index is -0.367. The smallest absolute Gasteiger partial charge is 0.132 e. The van der Waals surface area contributed by atoms with Crippen molar-refractivity contribution in [1.82, 2.24) is 0 Å². The lowest BCUT2D eigenvalue weighted by Gasteiger charge is -2.28. The average Bonchev–Trinajstić information content (AvgIpc) is 2.62. The van der Waals surface area contributed by atoms with Gasteiger partial charge in [-0.25, -0.2) is 8.78 Å². The van der Waals surface area contributed by atoms with Gasteiger partial charge in [0.15, 0.2) is 0 Å². The highest BCUT2D eigenvalue weighted by atomic mass is 19.1. The van der Waals surface area contributed by atoms with Gasteiger partial charge >= 0.3 is 0 Å². The monoisotopic (exact) mass is 324 g/mol. The number of hydrogen-bond acceptors (Lipinski definition) is 2. The molecule has 0 atom stereocenters. The van der Waals surface area contributed by atoms with Gasteiger partial charge in [-0.05, 0) is 61.2 Å². The molecule has 1 saturated heterocycles. The van der Waals surface area contributed by atoms with E-state index in [1.54, 1.807) is 6.07 Å². The van der Waals surface area contributed by atoms with Crippen LogP contribution in [0, 0.1) is 23.0 Å². The molecule has 0 amide bonds. The highest BCUT2D eigenvalue weighted by Gasteiger charge is 2.13. The maximum Gasteiger partial charge on any atom is 0.132 e. The van der Waals surface area contributed by atoms with E-state index in [0.29, 0.717) is 16.7 Å². The molecule has 1 aliphatic rings. The van der Waals surface area contributed by atoms with Crippen molar-refractivity contribution >= 4 is 17.3 Å². The molecule has 0 N–H and O–H groups in total. The fourth-order valence-electron chi connectivity index (χ4n) is 2.95. The molecule has 1 aliphatic heterocycles. The summed E-state index contributed by atoms with van der Waals surface area (Å²) in [6.07, 6.45) is 4.99. The Labute approximate surface area is 140 Å². The minimum Gasteiger partial charge on any atom is -0.371 e. The molecule has 0 unspecified atom stereocenters. The topological polar surface area (TPSA) is 27.0 Å². The summed E-state index contributed by atoms with van der Waals surface area (Å²) in [4.78, 5) is 2.19. The minimum absolute atomic E-state index is 0.305. The van der Waals surface area contributed by atoms with Crippen LogP contribution in [0.5, 0.6) is 0 Å². The molecule has 1 heterocycles. The first-order valence-electron chi connectivity index (χ1n) is 8.09. The van der Waals surface area contributed by atoms with Crippen LogP contribution in [0.2, 0.25) is 0 Å². The fraction of sp³-hybridized carbons (Fsp3) is 0.250. The van der Waals surface area contributed by atoms with Crippen LogP contribution < -0.4 is 4.90 Å². The molecule has 0 aliphatic carbocycles. The van der Waals surface area contributed by atoms with E-state index in [1.807, 2.05) is 6.07 Å². The van der Waals surface area contributed by atoms with E-state index < -0.39 is 0 Å². The molecule has 2 aromatic rings. The van der Waals surface area contributed by atoms with Gasteiger partial charge in [0.1, 0.15) is 11.6 Å². The highest BCUT2D eigenvalue weighted by Crippen LogP contribution is 2.25. The summed E-state index contributed by atoms with van der Waals surface area (Å²) in [7, 11) is 0. The third kappa shape index (κ3) is 3.62. The number of hydrogen-bond donors (Lipinski definition) is 0. The molecule has 2 nitrogen and oxygen atoms in total. The molecule has 3 rings (SSSR count). The zero-order chi connectivity index (χ0) is 16.9. The van der Waals surface area contributed by atoms with Crippen molar-refractivity contribution in [2.24, 2.45) is 0 Å². The van der Waals surface area contributed by atoms with Crippen LogP contribution in [0.15, 0.2) is 42.5 Å². The number of nitrogens with zero attached hydrogens (tertiary/aromatic N) is 2. The predicted octanol–water partition coefficient (Wildman–Crippen LogP) is 5.02. The first-order chi connectivity index (χ1) is 11.7. The summed E-state index contributed by atoms with van der Waals surface area (Å²) in [6.45, 7) is 1.90. The summed E-state index contributed by atoms with van der Waals surface area (Å²) in [5.41, 5.74) is 2.11. The van der Waals surface area contributed by atoms with Crippen molar-refractivity contribution in [1.29, 1.82) is 5.26 Å². The SMILES string of the molecule is N#CC(=Cc1ccc(N2CCCCC2)cc1F)c1ccc(F)cc1. The lowest BCUT2D eigenvalue weighted by molar-refractivity contribution is 0.574. The zero-order valence-electron chi connectivity index (χ0n) is 13.3. The molecule has 0 saturated carbocycles. The van der Waals surface area contributed by atoms with Crippen molar-refractivity contribution in [2.45, 2.75) is 19.3 Å². The number of nitriles is 1. The summed E-state index contributed by atoms with van der Waals surface area (Å²) < 4.78 is 27.4. The van der Waals surface area contributed by atoms with Gasteiger partial charge in [0.2, 0.25) is 0 Å². The van der Waals surface area contributed by atoms with Crippen molar-refractivity contribution in [2.75, 3.05) is 18.0 Å². The highest BCUT2D eigenvalue weighted by molar-refractivity contribution is 5.89. The molecule has 0 spiro atoms. The van der Waals surface area contributed by atoms with Crippen molar-refractivity contribution in [3.8, 4) is 6.07 Å².